The van der Waals surface area contributed by atoms with Crippen LogP contribution in [0.3, 0.4) is 0 Å². The molecule has 0 saturated carbocycles. The van der Waals surface area contributed by atoms with E-state index >= 15 is 0 Å². The Bertz CT molecular complexity index is 1230. The number of para-hydroxylation sites is 2. The van der Waals surface area contributed by atoms with E-state index in [4.69, 9.17) is 14.7 Å². The van der Waals surface area contributed by atoms with Crippen LogP contribution < -0.4 is 9.80 Å². The smallest absolute Gasteiger partial charge is 0.233 e. The molecular weight excluding hydrogens is 470 g/mol. The number of ether oxygens (including phenoxy) is 1. The molecule has 2 aliphatic heterocycles. The summed E-state index contributed by atoms with van der Waals surface area (Å²) in [6, 6.07) is 14.4. The monoisotopic (exact) mass is 505 g/mol. The van der Waals surface area contributed by atoms with Crippen molar-refractivity contribution in [1.29, 1.82) is 0 Å². The molecule has 0 bridgehead atoms. The quantitative estimate of drug-likeness (QED) is 0.479. The number of nitrogens with zero attached hydrogens (tertiary/aromatic N) is 5. The fourth-order valence-corrected chi connectivity index (χ4v) is 6.03. The van der Waals surface area contributed by atoms with Gasteiger partial charge in [-0.05, 0) is 57.0 Å². The Kier molecular flexibility index (Phi) is 7.34. The fraction of sp³-hybridized carbons (Fsp3) is 0.464. The van der Waals surface area contributed by atoms with Gasteiger partial charge in [0.1, 0.15) is 5.03 Å². The van der Waals surface area contributed by atoms with Gasteiger partial charge in [-0.1, -0.05) is 36.0 Å². The number of amides is 1. The van der Waals surface area contributed by atoms with Crippen LogP contribution in [0.15, 0.2) is 47.5 Å². The summed E-state index contributed by atoms with van der Waals surface area (Å²) in [5.41, 5.74) is 5.63. The second kappa shape index (κ2) is 10.6. The fourth-order valence-electron chi connectivity index (χ4n) is 5.12. The van der Waals surface area contributed by atoms with Crippen molar-refractivity contribution in [2.45, 2.75) is 44.9 Å². The van der Waals surface area contributed by atoms with E-state index in [0.29, 0.717) is 5.75 Å². The molecule has 1 aromatic heterocycles. The van der Waals surface area contributed by atoms with Gasteiger partial charge in [-0.15, -0.1) is 0 Å². The lowest BCUT2D eigenvalue weighted by Gasteiger charge is -2.37. The van der Waals surface area contributed by atoms with Crippen molar-refractivity contribution < 1.29 is 9.53 Å². The maximum Gasteiger partial charge on any atom is 0.233 e. The molecule has 8 heteroatoms. The van der Waals surface area contributed by atoms with Crippen molar-refractivity contribution in [2.75, 3.05) is 54.8 Å². The van der Waals surface area contributed by atoms with Crippen molar-refractivity contribution in [3.8, 4) is 0 Å². The Morgan fingerprint density at radius 2 is 1.58 bits per heavy atom. The van der Waals surface area contributed by atoms with E-state index in [-0.39, 0.29) is 18.1 Å². The van der Waals surface area contributed by atoms with Gasteiger partial charge in [-0.25, -0.2) is 9.97 Å². The molecule has 2 aromatic carbocycles. The highest BCUT2D eigenvalue weighted by Crippen LogP contribution is 2.31. The first-order chi connectivity index (χ1) is 17.4. The number of fused-ring (bicyclic) bond motifs is 1. The second-order valence-corrected chi connectivity index (χ2v) is 10.8. The van der Waals surface area contributed by atoms with E-state index < -0.39 is 0 Å². The average molecular weight is 506 g/mol. The highest BCUT2D eigenvalue weighted by Gasteiger charge is 2.27. The van der Waals surface area contributed by atoms with Crippen LogP contribution in [0.4, 0.5) is 11.5 Å². The predicted molar refractivity (Wildman–Crippen MR) is 147 cm³/mol. The number of hydrogen-bond donors (Lipinski definition) is 0. The van der Waals surface area contributed by atoms with Crippen molar-refractivity contribution >= 4 is 40.2 Å². The van der Waals surface area contributed by atoms with Crippen molar-refractivity contribution in [3.63, 3.8) is 0 Å². The van der Waals surface area contributed by atoms with Crippen LogP contribution in [0.2, 0.25) is 0 Å². The van der Waals surface area contributed by atoms with Gasteiger partial charge in [0.2, 0.25) is 5.91 Å². The number of rotatable bonds is 5. The van der Waals surface area contributed by atoms with Crippen molar-refractivity contribution in [1.82, 2.24) is 14.9 Å². The molecule has 7 nitrogen and oxygen atoms in total. The zero-order chi connectivity index (χ0) is 25.2. The normalized spacial score (nSPS) is 20.7. The van der Waals surface area contributed by atoms with E-state index in [1.165, 1.54) is 28.6 Å². The first kappa shape index (κ1) is 24.8. The molecule has 36 heavy (non-hydrogen) atoms. The van der Waals surface area contributed by atoms with E-state index in [9.17, 15) is 4.79 Å². The SMILES string of the molecule is Cc1cccc(N2CCN(C(=O)CSc3nc4ccccc4nc3N3C[C@H](C)O[C@@H](C)C3)CC2)c1C. The number of morpholine rings is 1. The van der Waals surface area contributed by atoms with E-state index in [1.54, 1.807) is 0 Å². The molecule has 0 unspecified atom stereocenters. The van der Waals surface area contributed by atoms with E-state index in [2.05, 4.69) is 55.7 Å². The minimum absolute atomic E-state index is 0.120. The number of benzene rings is 2. The van der Waals surface area contributed by atoms with Gasteiger partial charge in [-0.3, -0.25) is 4.79 Å². The molecule has 2 atom stereocenters. The van der Waals surface area contributed by atoms with E-state index in [0.717, 1.165) is 61.1 Å². The van der Waals surface area contributed by atoms with Gasteiger partial charge in [0, 0.05) is 45.0 Å². The molecule has 0 spiro atoms. The third-order valence-corrected chi connectivity index (χ3v) is 8.06. The first-order valence-electron chi connectivity index (χ1n) is 12.8. The summed E-state index contributed by atoms with van der Waals surface area (Å²) in [6.45, 7) is 13.2. The highest BCUT2D eigenvalue weighted by atomic mass is 32.2. The molecule has 190 valence electrons. The van der Waals surface area contributed by atoms with Crippen LogP contribution in [0, 0.1) is 13.8 Å². The average Bonchev–Trinajstić information content (AvgIpc) is 2.88. The third kappa shape index (κ3) is 5.30. The van der Waals surface area contributed by atoms with Gasteiger partial charge < -0.3 is 19.4 Å². The lowest BCUT2D eigenvalue weighted by molar-refractivity contribution is -0.128. The van der Waals surface area contributed by atoms with Crippen molar-refractivity contribution in [2.24, 2.45) is 0 Å². The maximum absolute atomic E-state index is 13.2. The Labute approximate surface area is 217 Å². The minimum Gasteiger partial charge on any atom is -0.372 e. The molecule has 2 fully saturated rings. The van der Waals surface area contributed by atoms with Crippen LogP contribution in [-0.2, 0) is 9.53 Å². The molecule has 0 radical (unpaired) electrons. The van der Waals surface area contributed by atoms with E-state index in [1.807, 2.05) is 29.2 Å². The number of aryl methyl sites for hydroxylation is 1. The lowest BCUT2D eigenvalue weighted by atomic mass is 10.1. The van der Waals surface area contributed by atoms with Gasteiger partial charge in [-0.2, -0.15) is 0 Å². The number of hydrogen-bond acceptors (Lipinski definition) is 7. The topological polar surface area (TPSA) is 61.8 Å². The third-order valence-electron chi connectivity index (χ3n) is 7.12. The lowest BCUT2D eigenvalue weighted by Crippen LogP contribution is -2.49. The van der Waals surface area contributed by atoms with Gasteiger partial charge in [0.15, 0.2) is 5.82 Å². The second-order valence-electron chi connectivity index (χ2n) is 9.88. The van der Waals surface area contributed by atoms with Gasteiger partial charge >= 0.3 is 0 Å². The highest BCUT2D eigenvalue weighted by molar-refractivity contribution is 8.00. The number of carbonyl (C=O) groups excluding carboxylic acids is 1. The minimum atomic E-state index is 0.120. The molecule has 2 saturated heterocycles. The van der Waals surface area contributed by atoms with Crippen LogP contribution in [0.1, 0.15) is 25.0 Å². The van der Waals surface area contributed by atoms with Crippen LogP contribution in [0.25, 0.3) is 11.0 Å². The zero-order valence-corrected chi connectivity index (χ0v) is 22.4. The van der Waals surface area contributed by atoms with Crippen LogP contribution in [-0.4, -0.2) is 78.0 Å². The number of thioether (sulfide) groups is 1. The molecule has 0 N–H and O–H groups in total. The standard InChI is InChI=1S/C28H35N5O2S/c1-19-8-7-11-25(22(19)4)31-12-14-32(15-13-31)26(34)18-36-28-27(33-16-20(2)35-21(3)17-33)29-23-9-5-6-10-24(23)30-28/h5-11,20-21H,12-18H2,1-4H3/t20-,21-/m0/s1. The summed E-state index contributed by atoms with van der Waals surface area (Å²) >= 11 is 1.50. The summed E-state index contributed by atoms with van der Waals surface area (Å²) in [5.74, 6) is 1.37. The summed E-state index contributed by atoms with van der Waals surface area (Å²) in [6.07, 6.45) is 0.240. The van der Waals surface area contributed by atoms with Crippen LogP contribution in [0.5, 0.6) is 0 Å². The first-order valence-corrected chi connectivity index (χ1v) is 13.8. The number of anilines is 2. The Balaban J connectivity index is 1.27. The molecule has 0 aliphatic carbocycles. The Hall–Kier alpha value is -2.84. The van der Waals surface area contributed by atoms with Crippen molar-refractivity contribution in [3.05, 3.63) is 53.6 Å². The van der Waals surface area contributed by atoms with Gasteiger partial charge in [0.05, 0.1) is 29.0 Å². The Morgan fingerprint density at radius 1 is 0.917 bits per heavy atom. The number of aromatic nitrogens is 2. The number of carbonyl (C=O) groups is 1. The maximum atomic E-state index is 13.2. The summed E-state index contributed by atoms with van der Waals surface area (Å²) in [7, 11) is 0. The molecule has 3 aromatic rings. The van der Waals surface area contributed by atoms with Crippen LogP contribution >= 0.6 is 11.8 Å². The largest absolute Gasteiger partial charge is 0.372 e. The molecule has 5 rings (SSSR count). The van der Waals surface area contributed by atoms with Gasteiger partial charge in [0.25, 0.3) is 0 Å². The molecular formula is C28H35N5O2S. The zero-order valence-electron chi connectivity index (χ0n) is 21.6. The Morgan fingerprint density at radius 3 is 2.28 bits per heavy atom. The molecule has 2 aliphatic rings. The summed E-state index contributed by atoms with van der Waals surface area (Å²) in [4.78, 5) is 29.7. The number of piperazine rings is 1. The predicted octanol–water partition coefficient (Wildman–Crippen LogP) is 4.30. The summed E-state index contributed by atoms with van der Waals surface area (Å²) < 4.78 is 5.94. The molecule has 3 heterocycles. The molecule has 1 amide bonds. The summed E-state index contributed by atoms with van der Waals surface area (Å²) in [5, 5.41) is 0.817.